The number of carbonyl (C=O) groups is 2. The molecule has 1 N–H and O–H groups in total. The fourth-order valence-electron chi connectivity index (χ4n) is 1.61. The van der Waals surface area contributed by atoms with Crippen molar-refractivity contribution in [3.05, 3.63) is 0 Å². The van der Waals surface area contributed by atoms with E-state index >= 15 is 0 Å². The number of hydrogen-bond acceptors (Lipinski definition) is 5. The van der Waals surface area contributed by atoms with Gasteiger partial charge < -0.3 is 24.4 Å². The molecule has 0 aromatic heterocycles. The van der Waals surface area contributed by atoms with Gasteiger partial charge in [0.2, 0.25) is 5.91 Å². The van der Waals surface area contributed by atoms with E-state index in [0.29, 0.717) is 19.8 Å². The highest BCUT2D eigenvalue weighted by Crippen LogP contribution is 2.26. The number of nitrogens with one attached hydrogen (secondary N) is 1. The summed E-state index contributed by atoms with van der Waals surface area (Å²) in [6, 6.07) is 0. The first-order valence-corrected chi connectivity index (χ1v) is 9.03. The van der Waals surface area contributed by atoms with Crippen molar-refractivity contribution in [1.29, 1.82) is 0 Å². The van der Waals surface area contributed by atoms with Crippen LogP contribution in [0.15, 0.2) is 0 Å². The zero-order valence-corrected chi connectivity index (χ0v) is 16.9. The number of likely N-dealkylation sites (N-methyl/N-ethyl adjacent to an activating group) is 1. The molecule has 25 heavy (non-hydrogen) atoms. The molecule has 0 unspecified atom stereocenters. The van der Waals surface area contributed by atoms with E-state index in [4.69, 9.17) is 14.2 Å². The van der Waals surface area contributed by atoms with Gasteiger partial charge in [-0.1, -0.05) is 19.8 Å². The van der Waals surface area contributed by atoms with Crippen molar-refractivity contribution in [2.24, 2.45) is 5.92 Å². The van der Waals surface area contributed by atoms with E-state index in [-0.39, 0.29) is 12.5 Å². The first-order chi connectivity index (χ1) is 11.6. The Labute approximate surface area is 152 Å². The van der Waals surface area contributed by atoms with Crippen LogP contribution in [0, 0.1) is 5.92 Å². The minimum atomic E-state index is -0.615. The molecule has 7 heteroatoms. The van der Waals surface area contributed by atoms with Crippen molar-refractivity contribution in [2.45, 2.75) is 66.3 Å². The third kappa shape index (κ3) is 14.7. The van der Waals surface area contributed by atoms with Crippen molar-refractivity contribution in [3.63, 3.8) is 0 Å². The highest BCUT2D eigenvalue weighted by Gasteiger charge is 2.19. The summed E-state index contributed by atoms with van der Waals surface area (Å²) in [5, 5.41) is 2.42. The summed E-state index contributed by atoms with van der Waals surface area (Å²) in [4.78, 5) is 24.8. The van der Waals surface area contributed by atoms with Crippen LogP contribution in [-0.4, -0.2) is 62.1 Å². The Balaban J connectivity index is 0.00000125. The van der Waals surface area contributed by atoms with Crippen molar-refractivity contribution in [3.8, 4) is 0 Å². The second kappa shape index (κ2) is 12.1. The van der Waals surface area contributed by atoms with Gasteiger partial charge in [0.1, 0.15) is 12.1 Å². The maximum absolute atomic E-state index is 11.9. The summed E-state index contributed by atoms with van der Waals surface area (Å²) < 4.78 is 15.8. The van der Waals surface area contributed by atoms with Crippen LogP contribution >= 0.6 is 0 Å². The molecule has 1 fully saturated rings. The van der Waals surface area contributed by atoms with Crippen LogP contribution in [0.5, 0.6) is 0 Å². The maximum Gasteiger partial charge on any atom is 0.408 e. The molecule has 0 aromatic carbocycles. The number of hydrogen-bond donors (Lipinski definition) is 1. The minimum Gasteiger partial charge on any atom is -0.444 e. The van der Waals surface area contributed by atoms with Crippen LogP contribution in [0.4, 0.5) is 4.79 Å². The number of amides is 2. The molecule has 7 nitrogen and oxygen atoms in total. The van der Waals surface area contributed by atoms with Gasteiger partial charge in [0.15, 0.2) is 6.29 Å². The van der Waals surface area contributed by atoms with E-state index in [1.54, 1.807) is 27.8 Å². The van der Waals surface area contributed by atoms with Crippen LogP contribution in [0.1, 0.15) is 54.4 Å². The summed E-state index contributed by atoms with van der Waals surface area (Å²) in [5.74, 6) is 0.838. The molecule has 1 saturated carbocycles. The first-order valence-electron chi connectivity index (χ1n) is 9.03. The van der Waals surface area contributed by atoms with Gasteiger partial charge in [-0.25, -0.2) is 4.79 Å². The summed E-state index contributed by atoms with van der Waals surface area (Å²) in [6.45, 7) is 12.5. The van der Waals surface area contributed by atoms with Crippen molar-refractivity contribution >= 4 is 12.0 Å². The third-order valence-corrected chi connectivity index (χ3v) is 3.20. The molecule has 148 valence electrons. The largest absolute Gasteiger partial charge is 0.444 e. The van der Waals surface area contributed by atoms with Crippen LogP contribution in [0.25, 0.3) is 0 Å². The average Bonchev–Trinajstić information content (AvgIpc) is 3.26. The standard InChI is InChI=1S/C14H28N2O5.C4H8/c1-7-19-12(20-8-2)10-16(6)11(17)9-15-13(18)21-14(3,4)5;1-4-2-3-4/h12H,7-10H2,1-6H3,(H,15,18);4H,2-3H2,1H3. The highest BCUT2D eigenvalue weighted by molar-refractivity contribution is 5.82. The first kappa shape index (κ1) is 23.7. The van der Waals surface area contributed by atoms with Gasteiger partial charge in [0, 0.05) is 20.3 Å². The summed E-state index contributed by atoms with van der Waals surface area (Å²) in [5.41, 5.74) is -0.589. The molecule has 0 radical (unpaired) electrons. The fraction of sp³-hybridized carbons (Fsp3) is 0.889. The predicted molar refractivity (Wildman–Crippen MR) is 97.3 cm³/mol. The van der Waals surface area contributed by atoms with E-state index in [1.165, 1.54) is 17.7 Å². The van der Waals surface area contributed by atoms with Crippen LogP contribution in [-0.2, 0) is 19.0 Å². The van der Waals surface area contributed by atoms with Gasteiger partial charge in [-0.2, -0.15) is 0 Å². The van der Waals surface area contributed by atoms with E-state index in [1.807, 2.05) is 13.8 Å². The Morgan fingerprint density at radius 2 is 1.64 bits per heavy atom. The van der Waals surface area contributed by atoms with Crippen molar-refractivity contribution in [2.75, 3.05) is 33.4 Å². The van der Waals surface area contributed by atoms with Gasteiger partial charge in [-0.3, -0.25) is 4.79 Å². The number of nitrogens with zero attached hydrogens (tertiary/aromatic N) is 1. The Kier molecular flexibility index (Phi) is 11.4. The fourth-order valence-corrected chi connectivity index (χ4v) is 1.61. The topological polar surface area (TPSA) is 77.1 Å². The predicted octanol–water partition coefficient (Wildman–Crippen LogP) is 2.78. The van der Waals surface area contributed by atoms with Gasteiger partial charge >= 0.3 is 6.09 Å². The molecule has 0 aromatic rings. The molecule has 0 saturated heterocycles. The molecule has 1 aliphatic carbocycles. The van der Waals surface area contributed by atoms with E-state index in [2.05, 4.69) is 12.2 Å². The Morgan fingerprint density at radius 3 is 2.00 bits per heavy atom. The molecular weight excluding hydrogens is 324 g/mol. The lowest BCUT2D eigenvalue weighted by Gasteiger charge is -2.24. The van der Waals surface area contributed by atoms with E-state index in [0.717, 1.165) is 5.92 Å². The summed E-state index contributed by atoms with van der Waals surface area (Å²) >= 11 is 0. The lowest BCUT2D eigenvalue weighted by Crippen LogP contribution is -2.43. The van der Waals surface area contributed by atoms with Crippen LogP contribution in [0.3, 0.4) is 0 Å². The summed E-state index contributed by atoms with van der Waals surface area (Å²) in [6.07, 6.45) is 1.89. The van der Waals surface area contributed by atoms with E-state index < -0.39 is 18.0 Å². The zero-order valence-electron chi connectivity index (χ0n) is 16.9. The quantitative estimate of drug-likeness (QED) is 0.674. The normalized spacial score (nSPS) is 13.8. The van der Waals surface area contributed by atoms with E-state index in [9.17, 15) is 9.59 Å². The zero-order chi connectivity index (χ0) is 19.5. The highest BCUT2D eigenvalue weighted by atomic mass is 16.7. The molecule has 2 amide bonds. The molecule has 0 aliphatic heterocycles. The SMILES string of the molecule is CC1CC1.CCOC(CN(C)C(=O)CNC(=O)OC(C)(C)C)OCC. The van der Waals surface area contributed by atoms with Gasteiger partial charge in [0.05, 0.1) is 6.54 Å². The average molecular weight is 360 g/mol. The second-order valence-corrected chi connectivity index (χ2v) is 7.15. The number of ether oxygens (including phenoxy) is 3. The molecule has 1 aliphatic rings. The molecule has 0 atom stereocenters. The van der Waals surface area contributed by atoms with Gasteiger partial charge in [-0.05, 0) is 40.5 Å². The second-order valence-electron chi connectivity index (χ2n) is 7.15. The van der Waals surface area contributed by atoms with Gasteiger partial charge in [-0.15, -0.1) is 0 Å². The number of carbonyl (C=O) groups excluding carboxylic acids is 2. The lowest BCUT2D eigenvalue weighted by molar-refractivity contribution is -0.156. The van der Waals surface area contributed by atoms with Crippen LogP contribution < -0.4 is 5.32 Å². The molecule has 0 heterocycles. The molecule has 1 rings (SSSR count). The van der Waals surface area contributed by atoms with Crippen LogP contribution in [0.2, 0.25) is 0 Å². The minimum absolute atomic E-state index is 0.129. The third-order valence-electron chi connectivity index (χ3n) is 3.20. The Morgan fingerprint density at radius 1 is 1.16 bits per heavy atom. The monoisotopic (exact) mass is 360 g/mol. The molecular formula is C18H36N2O5. The molecule has 0 spiro atoms. The number of alkyl carbamates (subject to hydrolysis) is 1. The van der Waals surface area contributed by atoms with Crippen molar-refractivity contribution in [1.82, 2.24) is 10.2 Å². The van der Waals surface area contributed by atoms with Crippen molar-refractivity contribution < 1.29 is 23.8 Å². The number of rotatable bonds is 8. The summed E-state index contributed by atoms with van der Waals surface area (Å²) in [7, 11) is 1.63. The smallest absolute Gasteiger partial charge is 0.408 e. The lowest BCUT2D eigenvalue weighted by atomic mass is 10.2. The maximum atomic E-state index is 11.9. The Bertz CT molecular complexity index is 385. The van der Waals surface area contributed by atoms with Gasteiger partial charge in [0.25, 0.3) is 0 Å². The molecule has 0 bridgehead atoms. The Hall–Kier alpha value is -1.34.